The van der Waals surface area contributed by atoms with Gasteiger partial charge in [0, 0.05) is 11.8 Å². The number of ketones is 1. The molecule has 0 saturated carbocycles. The van der Waals surface area contributed by atoms with Gasteiger partial charge >= 0.3 is 0 Å². The summed E-state index contributed by atoms with van der Waals surface area (Å²) in [7, 11) is 1.52. The average molecular weight is 317 g/mol. The van der Waals surface area contributed by atoms with E-state index in [1.165, 1.54) is 7.11 Å². The van der Waals surface area contributed by atoms with Crippen LogP contribution in [0.2, 0.25) is 0 Å². The van der Waals surface area contributed by atoms with Crippen LogP contribution in [0.3, 0.4) is 0 Å². The number of nitrogens with zero attached hydrogens (tertiary/aromatic N) is 3. The van der Waals surface area contributed by atoms with Crippen molar-refractivity contribution in [3.63, 3.8) is 0 Å². The molecule has 0 spiro atoms. The largest absolute Gasteiger partial charge is 0.478 e. The molecule has 3 rings (SSSR count). The Labute approximate surface area is 131 Å². The lowest BCUT2D eigenvalue weighted by molar-refractivity contribution is -0.111. The van der Waals surface area contributed by atoms with Gasteiger partial charge in [-0.1, -0.05) is 17.7 Å². The molecular formula is C15H13ClN4O2. The number of Topliss-reactive ketones (excluding diaryl/α,β-unsaturated/α-hetero) is 1. The number of fused-ring (bicyclic) bond motifs is 1. The molecule has 1 aliphatic rings. The van der Waals surface area contributed by atoms with Crippen LogP contribution >= 0.6 is 11.6 Å². The summed E-state index contributed by atoms with van der Waals surface area (Å²) >= 11 is 5.97. The van der Waals surface area contributed by atoms with Crippen molar-refractivity contribution >= 4 is 34.3 Å². The van der Waals surface area contributed by atoms with Crippen LogP contribution in [0.4, 0.5) is 5.69 Å². The molecule has 0 atom stereocenters. The zero-order valence-corrected chi connectivity index (χ0v) is 12.8. The van der Waals surface area contributed by atoms with Crippen LogP contribution in [0.25, 0.3) is 5.52 Å². The second-order valence-electron chi connectivity index (χ2n) is 4.77. The Kier molecular flexibility index (Phi) is 3.46. The first kappa shape index (κ1) is 14.3. The van der Waals surface area contributed by atoms with Crippen LogP contribution in [0.1, 0.15) is 6.92 Å². The van der Waals surface area contributed by atoms with E-state index in [-0.39, 0.29) is 16.5 Å². The predicted octanol–water partition coefficient (Wildman–Crippen LogP) is 2.35. The molecule has 0 saturated heterocycles. The van der Waals surface area contributed by atoms with Crippen LogP contribution in [-0.4, -0.2) is 28.2 Å². The van der Waals surface area contributed by atoms with E-state index in [9.17, 15) is 4.79 Å². The Balaban J connectivity index is 2.23. The number of aromatic nitrogens is 2. The van der Waals surface area contributed by atoms with Crippen molar-refractivity contribution in [2.75, 3.05) is 7.11 Å². The van der Waals surface area contributed by atoms with E-state index in [1.807, 2.05) is 18.2 Å². The topological polar surface area (TPSA) is 82.0 Å². The smallest absolute Gasteiger partial charge is 0.259 e. The number of carbonyl (C=O) groups is 1. The summed E-state index contributed by atoms with van der Waals surface area (Å²) in [6.07, 6.45) is 3.40. The van der Waals surface area contributed by atoms with Crippen molar-refractivity contribution in [2.24, 2.45) is 10.7 Å². The summed E-state index contributed by atoms with van der Waals surface area (Å²) in [5, 5.41) is 4.27. The minimum absolute atomic E-state index is 0.0193. The second-order valence-corrected chi connectivity index (χ2v) is 5.15. The summed E-state index contributed by atoms with van der Waals surface area (Å²) in [6, 6.07) is 5.59. The first-order valence-electron chi connectivity index (χ1n) is 6.51. The van der Waals surface area contributed by atoms with Gasteiger partial charge in [0.25, 0.3) is 5.88 Å². The third kappa shape index (κ3) is 2.17. The van der Waals surface area contributed by atoms with Gasteiger partial charge in [-0.15, -0.1) is 5.10 Å². The van der Waals surface area contributed by atoms with E-state index < -0.39 is 0 Å². The number of rotatable bonds is 2. The average Bonchev–Trinajstić information content (AvgIpc) is 2.88. The molecule has 2 aromatic rings. The Hall–Kier alpha value is -2.60. The quantitative estimate of drug-likeness (QED) is 0.862. The molecule has 0 radical (unpaired) electrons. The van der Waals surface area contributed by atoms with Crippen LogP contribution < -0.4 is 10.5 Å². The predicted molar refractivity (Wildman–Crippen MR) is 84.7 cm³/mol. The normalized spacial score (nSPS) is 17.3. The molecule has 7 heteroatoms. The van der Waals surface area contributed by atoms with E-state index in [2.05, 4.69) is 10.1 Å². The molecule has 0 aromatic carbocycles. The third-order valence-corrected chi connectivity index (χ3v) is 3.71. The molecule has 0 unspecified atom stereocenters. The van der Waals surface area contributed by atoms with Gasteiger partial charge < -0.3 is 10.5 Å². The van der Waals surface area contributed by atoms with Crippen LogP contribution in [-0.2, 0) is 4.79 Å². The van der Waals surface area contributed by atoms with Gasteiger partial charge in [-0.05, 0) is 25.1 Å². The number of allylic oxidation sites excluding steroid dienone is 3. The molecule has 22 heavy (non-hydrogen) atoms. The van der Waals surface area contributed by atoms with Gasteiger partial charge in [0.2, 0.25) is 5.78 Å². The van der Waals surface area contributed by atoms with E-state index in [0.29, 0.717) is 22.9 Å². The third-order valence-electron chi connectivity index (χ3n) is 3.33. The molecule has 2 aromatic heterocycles. The molecular weight excluding hydrogens is 304 g/mol. The maximum Gasteiger partial charge on any atom is 0.259 e. The van der Waals surface area contributed by atoms with Crippen molar-refractivity contribution in [3.8, 4) is 5.88 Å². The number of halogens is 1. The van der Waals surface area contributed by atoms with Crippen molar-refractivity contribution in [1.29, 1.82) is 0 Å². The first-order chi connectivity index (χ1) is 10.5. The first-order valence-corrected chi connectivity index (χ1v) is 6.89. The van der Waals surface area contributed by atoms with E-state index >= 15 is 0 Å². The van der Waals surface area contributed by atoms with Crippen molar-refractivity contribution < 1.29 is 9.53 Å². The number of hydrogen-bond donors (Lipinski definition) is 1. The molecule has 0 bridgehead atoms. The number of methoxy groups -OCH3 is 1. The van der Waals surface area contributed by atoms with Crippen molar-refractivity contribution in [3.05, 3.63) is 46.8 Å². The molecule has 2 heterocycles. The maximum atomic E-state index is 11.8. The summed E-state index contributed by atoms with van der Waals surface area (Å²) in [5.74, 6) is 0.0792. The van der Waals surface area contributed by atoms with E-state index in [1.54, 1.807) is 23.7 Å². The van der Waals surface area contributed by atoms with Crippen LogP contribution in [0, 0.1) is 0 Å². The van der Waals surface area contributed by atoms with Gasteiger partial charge in [0.1, 0.15) is 5.03 Å². The standard InChI is InChI=1S/C15H13ClN4O2/c1-8-7-9(12(17)11(16)14(8)21)18-13-10-5-3-4-6-20(10)19-15(13)22-2/h3-7H,17H2,1-2H3. The number of hydrogen-bond acceptors (Lipinski definition) is 5. The zero-order valence-electron chi connectivity index (χ0n) is 12.0. The Morgan fingerprint density at radius 1 is 1.41 bits per heavy atom. The number of nitrogens with two attached hydrogens (primary N) is 1. The molecule has 0 fully saturated rings. The molecule has 6 nitrogen and oxygen atoms in total. The fourth-order valence-corrected chi connectivity index (χ4v) is 2.42. The fourth-order valence-electron chi connectivity index (χ4n) is 2.18. The zero-order chi connectivity index (χ0) is 15.9. The highest BCUT2D eigenvalue weighted by atomic mass is 35.5. The number of pyridine rings is 1. The van der Waals surface area contributed by atoms with E-state index in [4.69, 9.17) is 22.1 Å². The SMILES string of the molecule is COc1nn2ccccc2c1N=C1C=C(C)C(=O)C(Cl)=C1N. The lowest BCUT2D eigenvalue weighted by Gasteiger charge is -2.12. The fraction of sp³-hybridized carbons (Fsp3) is 0.133. The van der Waals surface area contributed by atoms with Crippen molar-refractivity contribution in [1.82, 2.24) is 9.61 Å². The number of ether oxygens (including phenoxy) is 1. The molecule has 0 amide bonds. The summed E-state index contributed by atoms with van der Waals surface area (Å²) in [6.45, 7) is 1.67. The van der Waals surface area contributed by atoms with Gasteiger partial charge in [-0.2, -0.15) is 0 Å². The van der Waals surface area contributed by atoms with Gasteiger partial charge in [0.15, 0.2) is 5.69 Å². The van der Waals surface area contributed by atoms with Gasteiger partial charge in [-0.3, -0.25) is 4.79 Å². The van der Waals surface area contributed by atoms with Crippen LogP contribution in [0.15, 0.2) is 51.8 Å². The minimum Gasteiger partial charge on any atom is -0.478 e. The Bertz CT molecular complexity index is 877. The lowest BCUT2D eigenvalue weighted by atomic mass is 10.0. The minimum atomic E-state index is -0.287. The summed E-state index contributed by atoms with van der Waals surface area (Å²) in [5.41, 5.74) is 8.25. The molecule has 0 aliphatic heterocycles. The summed E-state index contributed by atoms with van der Waals surface area (Å²) < 4.78 is 6.92. The molecule has 1 aliphatic carbocycles. The Morgan fingerprint density at radius 3 is 2.91 bits per heavy atom. The van der Waals surface area contributed by atoms with Gasteiger partial charge in [-0.25, -0.2) is 9.51 Å². The molecule has 2 N–H and O–H groups in total. The lowest BCUT2D eigenvalue weighted by Crippen LogP contribution is -2.20. The number of carbonyl (C=O) groups excluding carboxylic acids is 1. The highest BCUT2D eigenvalue weighted by molar-refractivity contribution is 6.49. The number of aliphatic imine (C=N–C) groups is 1. The molecule has 112 valence electrons. The van der Waals surface area contributed by atoms with Gasteiger partial charge in [0.05, 0.1) is 24.0 Å². The summed E-state index contributed by atoms with van der Waals surface area (Å²) in [4.78, 5) is 16.3. The Morgan fingerprint density at radius 2 is 2.18 bits per heavy atom. The maximum absolute atomic E-state index is 11.8. The highest BCUT2D eigenvalue weighted by Gasteiger charge is 2.23. The highest BCUT2D eigenvalue weighted by Crippen LogP contribution is 2.33. The monoisotopic (exact) mass is 316 g/mol. The second kappa shape index (κ2) is 5.31. The van der Waals surface area contributed by atoms with E-state index in [0.717, 1.165) is 5.52 Å². The van der Waals surface area contributed by atoms with Crippen molar-refractivity contribution in [2.45, 2.75) is 6.92 Å². The van der Waals surface area contributed by atoms with Crippen LogP contribution in [0.5, 0.6) is 5.88 Å².